The lowest BCUT2D eigenvalue weighted by Gasteiger charge is -2.36. The fraction of sp³-hybridized carbons (Fsp3) is 0.714. The van der Waals surface area contributed by atoms with E-state index in [0.717, 1.165) is 57.2 Å². The first-order valence-corrected chi connectivity index (χ1v) is 9.96. The fourth-order valence-corrected chi connectivity index (χ4v) is 2.95. The Labute approximate surface area is 166 Å². The van der Waals surface area contributed by atoms with E-state index < -0.39 is 10.0 Å². The summed E-state index contributed by atoms with van der Waals surface area (Å²) in [5.74, 6) is 0.828. The number of hydrogen-bond acceptors (Lipinski definition) is 6. The van der Waals surface area contributed by atoms with E-state index in [1.54, 1.807) is 6.26 Å². The number of aliphatic imine (C=N–C) groups is 1. The van der Waals surface area contributed by atoms with Crippen LogP contribution in [0.3, 0.4) is 0 Å². The molecule has 2 heterocycles. The Morgan fingerprint density at radius 1 is 1.36 bits per heavy atom. The number of rotatable bonds is 7. The van der Waals surface area contributed by atoms with Gasteiger partial charge in [-0.05, 0) is 6.92 Å². The van der Waals surface area contributed by atoms with Crippen LogP contribution in [0.1, 0.15) is 12.6 Å². The van der Waals surface area contributed by atoms with Crippen molar-refractivity contribution >= 4 is 40.0 Å². The van der Waals surface area contributed by atoms with E-state index in [0.29, 0.717) is 13.1 Å². The minimum absolute atomic E-state index is 0. The first kappa shape index (κ1) is 22.1. The number of halogens is 1. The molecule has 0 bridgehead atoms. The molecule has 1 aliphatic heterocycles. The largest absolute Gasteiger partial charge is 0.364 e. The molecular weight excluding hydrogens is 459 g/mol. The molecule has 1 fully saturated rings. The molecular formula is C14H27IN6O3S. The normalized spacial score (nSPS) is 16.6. The lowest BCUT2D eigenvalue weighted by Crippen LogP contribution is -2.52. The van der Waals surface area contributed by atoms with E-state index in [-0.39, 0.29) is 24.0 Å². The van der Waals surface area contributed by atoms with E-state index in [4.69, 9.17) is 4.52 Å². The zero-order valence-electron chi connectivity index (χ0n) is 14.6. The number of sulfonamides is 1. The smallest absolute Gasteiger partial charge is 0.208 e. The van der Waals surface area contributed by atoms with Crippen LogP contribution in [0.25, 0.3) is 0 Å². The minimum atomic E-state index is -3.16. The molecule has 0 aliphatic carbocycles. The Hall–Kier alpha value is -0.920. The summed E-state index contributed by atoms with van der Waals surface area (Å²) >= 11 is 0. The molecule has 11 heteroatoms. The van der Waals surface area contributed by atoms with Crippen molar-refractivity contribution in [3.63, 3.8) is 0 Å². The van der Waals surface area contributed by atoms with Crippen LogP contribution >= 0.6 is 24.0 Å². The van der Waals surface area contributed by atoms with Gasteiger partial charge in [-0.15, -0.1) is 24.0 Å². The number of piperazine rings is 1. The lowest BCUT2D eigenvalue weighted by molar-refractivity contribution is 0.169. The minimum Gasteiger partial charge on any atom is -0.364 e. The average Bonchev–Trinajstić information content (AvgIpc) is 3.03. The topological polar surface area (TPSA) is 103 Å². The summed E-state index contributed by atoms with van der Waals surface area (Å²) in [5.41, 5.74) is 0.941. The summed E-state index contributed by atoms with van der Waals surface area (Å²) in [7, 11) is -3.16. The van der Waals surface area contributed by atoms with Crippen molar-refractivity contribution < 1.29 is 12.9 Å². The second kappa shape index (κ2) is 10.9. The average molecular weight is 486 g/mol. The SMILES string of the molecule is CCNC(=NCCNS(C)(=O)=O)N1CCN(Cc2ccon2)CC1.I. The van der Waals surface area contributed by atoms with E-state index in [2.05, 4.69) is 30.0 Å². The Morgan fingerprint density at radius 2 is 2.08 bits per heavy atom. The summed E-state index contributed by atoms with van der Waals surface area (Å²) in [6.45, 7) is 7.86. The molecule has 1 aliphatic rings. The molecule has 1 aromatic rings. The van der Waals surface area contributed by atoms with Crippen LogP contribution in [0.4, 0.5) is 0 Å². The lowest BCUT2D eigenvalue weighted by atomic mass is 10.3. The molecule has 0 aromatic carbocycles. The standard InChI is InChI=1S/C14H26N6O3S.HI/c1-3-15-14(16-5-6-17-24(2,21)22)20-9-7-19(8-10-20)12-13-4-11-23-18-13;/h4,11,17H,3,5-10,12H2,1-2H3,(H,15,16);1H. The maximum absolute atomic E-state index is 11.1. The number of aromatic nitrogens is 1. The van der Waals surface area contributed by atoms with Crippen molar-refractivity contribution in [3.05, 3.63) is 18.0 Å². The highest BCUT2D eigenvalue weighted by Crippen LogP contribution is 2.07. The molecule has 1 saturated heterocycles. The fourth-order valence-electron chi connectivity index (χ4n) is 2.48. The molecule has 2 rings (SSSR count). The Bertz CT molecular complexity index is 615. The van der Waals surface area contributed by atoms with Gasteiger partial charge in [-0.3, -0.25) is 9.89 Å². The number of hydrogen-bond donors (Lipinski definition) is 2. The first-order chi connectivity index (χ1) is 11.5. The van der Waals surface area contributed by atoms with Crippen LogP contribution in [0.15, 0.2) is 21.8 Å². The van der Waals surface area contributed by atoms with Gasteiger partial charge in [-0.2, -0.15) is 0 Å². The zero-order chi connectivity index (χ0) is 17.4. The zero-order valence-corrected chi connectivity index (χ0v) is 17.8. The van der Waals surface area contributed by atoms with Gasteiger partial charge < -0.3 is 14.7 Å². The molecule has 0 amide bonds. The van der Waals surface area contributed by atoms with Gasteiger partial charge in [0.05, 0.1) is 18.5 Å². The summed E-state index contributed by atoms with van der Waals surface area (Å²) in [5, 5.41) is 7.20. The predicted molar refractivity (Wildman–Crippen MR) is 108 cm³/mol. The molecule has 0 unspecified atom stereocenters. The van der Waals surface area contributed by atoms with Gasteiger partial charge in [0, 0.05) is 51.9 Å². The van der Waals surface area contributed by atoms with Crippen LogP contribution in [0, 0.1) is 0 Å². The third-order valence-corrected chi connectivity index (χ3v) is 4.35. The molecule has 144 valence electrons. The van der Waals surface area contributed by atoms with Gasteiger partial charge in [0.2, 0.25) is 10.0 Å². The van der Waals surface area contributed by atoms with Gasteiger partial charge in [-0.1, -0.05) is 5.16 Å². The van der Waals surface area contributed by atoms with Crippen molar-refractivity contribution in [2.75, 3.05) is 52.1 Å². The van der Waals surface area contributed by atoms with Gasteiger partial charge in [0.1, 0.15) is 6.26 Å². The molecule has 25 heavy (non-hydrogen) atoms. The summed E-state index contributed by atoms with van der Waals surface area (Å²) in [6, 6.07) is 1.88. The quantitative estimate of drug-likeness (QED) is 0.241. The Kier molecular flexibility index (Phi) is 9.67. The maximum atomic E-state index is 11.1. The van der Waals surface area contributed by atoms with E-state index in [9.17, 15) is 8.42 Å². The summed E-state index contributed by atoms with van der Waals surface area (Å²) in [4.78, 5) is 9.02. The molecule has 0 atom stereocenters. The summed E-state index contributed by atoms with van der Waals surface area (Å²) in [6.07, 6.45) is 2.74. The van der Waals surface area contributed by atoms with Crippen molar-refractivity contribution in [2.45, 2.75) is 13.5 Å². The van der Waals surface area contributed by atoms with Crippen molar-refractivity contribution in [1.82, 2.24) is 25.0 Å². The van der Waals surface area contributed by atoms with Crippen LogP contribution in [0.2, 0.25) is 0 Å². The van der Waals surface area contributed by atoms with Gasteiger partial charge >= 0.3 is 0 Å². The Morgan fingerprint density at radius 3 is 2.64 bits per heavy atom. The third kappa shape index (κ3) is 8.33. The van der Waals surface area contributed by atoms with Crippen LogP contribution in [-0.2, 0) is 16.6 Å². The number of nitrogens with one attached hydrogen (secondary N) is 2. The monoisotopic (exact) mass is 486 g/mol. The maximum Gasteiger partial charge on any atom is 0.208 e. The van der Waals surface area contributed by atoms with Crippen LogP contribution in [-0.4, -0.2) is 81.4 Å². The molecule has 0 radical (unpaired) electrons. The van der Waals surface area contributed by atoms with Crippen molar-refractivity contribution in [3.8, 4) is 0 Å². The van der Waals surface area contributed by atoms with E-state index in [1.807, 2.05) is 13.0 Å². The molecule has 1 aromatic heterocycles. The van der Waals surface area contributed by atoms with Crippen LogP contribution < -0.4 is 10.0 Å². The summed E-state index contributed by atoms with van der Waals surface area (Å²) < 4.78 is 29.4. The number of guanidine groups is 1. The highest BCUT2D eigenvalue weighted by Gasteiger charge is 2.20. The third-order valence-electron chi connectivity index (χ3n) is 3.62. The van der Waals surface area contributed by atoms with Crippen LogP contribution in [0.5, 0.6) is 0 Å². The predicted octanol–water partition coefficient (Wildman–Crippen LogP) is -0.0751. The second-order valence-corrected chi connectivity index (χ2v) is 7.49. The van der Waals surface area contributed by atoms with E-state index >= 15 is 0 Å². The number of nitrogens with zero attached hydrogens (tertiary/aromatic N) is 4. The van der Waals surface area contributed by atoms with Gasteiger partial charge in [0.25, 0.3) is 0 Å². The van der Waals surface area contributed by atoms with E-state index in [1.165, 1.54) is 0 Å². The van der Waals surface area contributed by atoms with Crippen molar-refractivity contribution in [1.29, 1.82) is 0 Å². The highest BCUT2D eigenvalue weighted by molar-refractivity contribution is 14.0. The van der Waals surface area contributed by atoms with Gasteiger partial charge in [0.15, 0.2) is 5.96 Å². The highest BCUT2D eigenvalue weighted by atomic mass is 127. The molecule has 2 N–H and O–H groups in total. The molecule has 9 nitrogen and oxygen atoms in total. The Balaban J connectivity index is 0.00000312. The molecule has 0 saturated carbocycles. The van der Waals surface area contributed by atoms with Gasteiger partial charge in [-0.25, -0.2) is 13.1 Å². The second-order valence-electron chi connectivity index (χ2n) is 5.66. The van der Waals surface area contributed by atoms with Crippen molar-refractivity contribution in [2.24, 2.45) is 4.99 Å². The molecule has 0 spiro atoms. The first-order valence-electron chi connectivity index (χ1n) is 8.07.